The minimum atomic E-state index is -4.79. The number of hydrogen-bond acceptors (Lipinski definition) is 10. The molecular weight excluding hydrogens is 482 g/mol. The fraction of sp³-hybridized carbons (Fsp3) is 0.421. The summed E-state index contributed by atoms with van der Waals surface area (Å²) in [6.45, 7) is -0.569. The molecule has 1 aromatic heterocycles. The van der Waals surface area contributed by atoms with Crippen LogP contribution in [-0.4, -0.2) is 50.7 Å². The molecule has 1 fully saturated rings. The average Bonchev–Trinajstić information content (AvgIpc) is 2.99. The molecule has 1 saturated heterocycles. The molecule has 0 aliphatic carbocycles. The van der Waals surface area contributed by atoms with Crippen molar-refractivity contribution in [1.29, 1.82) is 0 Å². The minimum Gasteiger partial charge on any atom is -0.403 e. The number of fused-ring (bicyclic) bond motifs is 1. The lowest BCUT2D eigenvalue weighted by Gasteiger charge is -2.29. The zero-order valence-corrected chi connectivity index (χ0v) is 18.9. The number of aldehydes is 1. The number of phosphoric ester groups is 1. The molecule has 0 spiro atoms. The van der Waals surface area contributed by atoms with E-state index in [2.05, 4.69) is 4.98 Å². The van der Waals surface area contributed by atoms with Crippen LogP contribution in [0.2, 0.25) is 0 Å². The van der Waals surface area contributed by atoms with Gasteiger partial charge in [0.15, 0.2) is 12.5 Å². The predicted octanol–water partition coefficient (Wildman–Crippen LogP) is 1.99. The molecule has 11 nitrogen and oxygen atoms in total. The summed E-state index contributed by atoms with van der Waals surface area (Å²) < 4.78 is 65.4. The lowest BCUT2D eigenvalue weighted by Crippen LogP contribution is -2.43. The number of hydrogen-bond donors (Lipinski definition) is 3. The maximum Gasteiger partial charge on any atom is 0.530 e. The van der Waals surface area contributed by atoms with E-state index in [1.807, 2.05) is 6.92 Å². The third-order valence-corrected chi connectivity index (χ3v) is 6.56. The van der Waals surface area contributed by atoms with E-state index in [0.717, 1.165) is 11.8 Å². The summed E-state index contributed by atoms with van der Waals surface area (Å²) in [6.07, 6.45) is -5.76. The second-order valence-electron chi connectivity index (χ2n) is 7.53. The number of benzene rings is 1. The van der Waals surface area contributed by atoms with Crippen molar-refractivity contribution in [2.45, 2.75) is 44.7 Å². The van der Waals surface area contributed by atoms with Gasteiger partial charge in [-0.25, -0.2) is 13.8 Å². The Labute approximate surface area is 194 Å². The first-order valence-electron chi connectivity index (χ1n) is 10.5. The molecular formula is C19H20FN2O9PS. The van der Waals surface area contributed by atoms with Crippen LogP contribution in [0.5, 0.6) is 5.75 Å². The van der Waals surface area contributed by atoms with Gasteiger partial charge in [0, 0.05) is 11.8 Å². The van der Waals surface area contributed by atoms with Crippen molar-refractivity contribution in [3.8, 4) is 5.75 Å². The second kappa shape index (κ2) is 8.51. The minimum absolute atomic E-state index is 0.104. The van der Waals surface area contributed by atoms with Gasteiger partial charge in [0.05, 0.1) is 14.9 Å². The van der Waals surface area contributed by atoms with E-state index in [4.69, 9.17) is 33.3 Å². The highest BCUT2D eigenvalue weighted by Gasteiger charge is 2.57. The molecule has 0 amide bonds. The fourth-order valence-corrected chi connectivity index (χ4v) is 4.85. The number of aromatic nitrogens is 2. The Bertz CT molecular complexity index is 1370. The van der Waals surface area contributed by atoms with Gasteiger partial charge >= 0.3 is 13.5 Å². The van der Waals surface area contributed by atoms with Gasteiger partial charge in [-0.3, -0.25) is 23.4 Å². The highest BCUT2D eigenvalue weighted by molar-refractivity contribution is 7.71. The normalized spacial score (nSPS) is 32.5. The number of nitrogens with one attached hydrogen (secondary N) is 1. The van der Waals surface area contributed by atoms with E-state index in [-0.39, 0.29) is 28.8 Å². The van der Waals surface area contributed by atoms with Crippen molar-refractivity contribution in [2.24, 2.45) is 0 Å². The molecule has 14 heteroatoms. The Kier molecular flexibility index (Phi) is 5.49. The average molecular weight is 504 g/mol. The molecule has 33 heavy (non-hydrogen) atoms. The molecule has 3 N–H and O–H groups in total. The van der Waals surface area contributed by atoms with Gasteiger partial charge in [-0.1, -0.05) is 29.9 Å². The standard InChI is InChI=1S/C19H20FN2O9PS/c1-9-3-10(2)14-11(4-9)7-28-32(27,31-14)29-8-19(20)15(25)13(24)17(30-19)22-5-12(6-23)16(33)21-18(22)26/h3-6,13,15,17,24-25H,7-8H2,1-2H3,(H,21,26,33)/t13-,15+,17-,19-,32?/m1/s1/i8D2. The largest absolute Gasteiger partial charge is 0.530 e. The van der Waals surface area contributed by atoms with E-state index in [1.165, 1.54) is 0 Å². The molecule has 5 atom stereocenters. The van der Waals surface area contributed by atoms with Crippen molar-refractivity contribution in [3.63, 3.8) is 0 Å². The first-order valence-corrected chi connectivity index (χ1v) is 11.4. The van der Waals surface area contributed by atoms with E-state index in [9.17, 15) is 24.4 Å². The van der Waals surface area contributed by atoms with Gasteiger partial charge in [-0.15, -0.1) is 0 Å². The third kappa shape index (κ3) is 4.33. The van der Waals surface area contributed by atoms with Crippen LogP contribution in [0.4, 0.5) is 4.39 Å². The van der Waals surface area contributed by atoms with Gasteiger partial charge in [-0.05, 0) is 19.4 Å². The van der Waals surface area contributed by atoms with Gasteiger partial charge in [-0.2, -0.15) is 0 Å². The monoisotopic (exact) mass is 504 g/mol. The van der Waals surface area contributed by atoms with E-state index in [0.29, 0.717) is 15.7 Å². The number of carbonyl (C=O) groups is 1. The molecule has 3 heterocycles. The smallest absolute Gasteiger partial charge is 0.403 e. The summed E-state index contributed by atoms with van der Waals surface area (Å²) in [4.78, 5) is 25.5. The topological polar surface area (TPSA) is 149 Å². The number of carbonyl (C=O) groups excluding carboxylic acids is 1. The second-order valence-corrected chi connectivity index (χ2v) is 9.46. The lowest BCUT2D eigenvalue weighted by molar-refractivity contribution is -0.205. The van der Waals surface area contributed by atoms with Crippen LogP contribution in [-0.2, 0) is 25.0 Å². The number of aromatic amines is 1. The molecule has 2 aliphatic heterocycles. The van der Waals surface area contributed by atoms with Gasteiger partial charge < -0.3 is 19.5 Å². The maximum absolute atomic E-state index is 15.8. The summed E-state index contributed by atoms with van der Waals surface area (Å²) in [5.41, 5.74) is 0.644. The highest BCUT2D eigenvalue weighted by Crippen LogP contribution is 2.56. The van der Waals surface area contributed by atoms with E-state index >= 15 is 4.39 Å². The van der Waals surface area contributed by atoms with E-state index in [1.54, 1.807) is 19.1 Å². The molecule has 178 valence electrons. The molecule has 4 rings (SSSR count). The lowest BCUT2D eigenvalue weighted by atomic mass is 10.1. The number of ether oxygens (including phenoxy) is 1. The Hall–Kier alpha value is -2.25. The molecule has 2 aromatic rings. The quantitative estimate of drug-likeness (QED) is 0.313. The van der Waals surface area contributed by atoms with Crippen LogP contribution in [0.1, 0.15) is 36.0 Å². The molecule has 1 aromatic carbocycles. The summed E-state index contributed by atoms with van der Waals surface area (Å²) in [5.74, 6) is -3.76. The van der Waals surface area contributed by atoms with Crippen LogP contribution in [0.3, 0.4) is 0 Å². The third-order valence-electron chi connectivity index (χ3n) is 5.06. The summed E-state index contributed by atoms with van der Waals surface area (Å²) >= 11 is 4.81. The van der Waals surface area contributed by atoms with Gasteiger partial charge in [0.25, 0.3) is 5.85 Å². The SMILES string of the molecule is [2H]C([2H])(OP1(=O)OCc2cc(C)cc(C)c2O1)[C@@]1(F)O[C@@H](n2cc(C=O)c(=S)[nH]c2=O)[C@H](O)[C@@H]1O. The van der Waals surface area contributed by atoms with Gasteiger partial charge in [0.1, 0.15) is 29.2 Å². The number of alkyl halides is 1. The molecule has 1 unspecified atom stereocenters. The fourth-order valence-electron chi connectivity index (χ4n) is 3.50. The summed E-state index contributed by atoms with van der Waals surface area (Å²) in [7, 11) is -4.79. The van der Waals surface area contributed by atoms with Crippen molar-refractivity contribution in [2.75, 3.05) is 6.56 Å². The summed E-state index contributed by atoms with van der Waals surface area (Å²) in [5, 5.41) is 20.7. The Balaban J connectivity index is 1.65. The summed E-state index contributed by atoms with van der Waals surface area (Å²) in [6, 6.07) is 3.40. The molecule has 2 aliphatic rings. The number of H-pyrrole nitrogens is 1. The molecule has 0 bridgehead atoms. The number of aliphatic hydroxyl groups excluding tert-OH is 2. The number of halogens is 1. The van der Waals surface area contributed by atoms with Crippen molar-refractivity contribution in [3.05, 3.63) is 55.7 Å². The Morgan fingerprint density at radius 1 is 1.48 bits per heavy atom. The Morgan fingerprint density at radius 2 is 2.21 bits per heavy atom. The van der Waals surface area contributed by atoms with E-state index < -0.39 is 44.4 Å². The maximum atomic E-state index is 15.8. The zero-order chi connectivity index (χ0) is 25.9. The Morgan fingerprint density at radius 3 is 2.91 bits per heavy atom. The zero-order valence-electron chi connectivity index (χ0n) is 19.2. The van der Waals surface area contributed by atoms with Crippen LogP contribution < -0.4 is 10.2 Å². The number of aliphatic hydroxyl groups is 2. The highest BCUT2D eigenvalue weighted by atomic mass is 32.1. The molecule has 0 saturated carbocycles. The van der Waals surface area contributed by atoms with Crippen LogP contribution in [0, 0.1) is 18.5 Å². The first-order chi connectivity index (χ1) is 16.2. The number of nitrogens with zero attached hydrogens (tertiary/aromatic N) is 1. The van der Waals surface area contributed by atoms with Crippen LogP contribution in [0.25, 0.3) is 0 Å². The van der Waals surface area contributed by atoms with Crippen LogP contribution >= 0.6 is 20.0 Å². The number of aryl methyl sites for hydroxylation is 2. The first kappa shape index (κ1) is 21.3. The van der Waals surface area contributed by atoms with Gasteiger partial charge in [0.2, 0.25) is 0 Å². The number of phosphoric acid groups is 1. The van der Waals surface area contributed by atoms with Crippen LogP contribution in [0.15, 0.2) is 23.1 Å². The predicted molar refractivity (Wildman–Crippen MR) is 112 cm³/mol. The van der Waals surface area contributed by atoms with Crippen molar-refractivity contribution < 1.29 is 45.0 Å². The van der Waals surface area contributed by atoms with Crippen molar-refractivity contribution in [1.82, 2.24) is 9.55 Å². The molecule has 0 radical (unpaired) electrons. The number of rotatable bonds is 5. The van der Waals surface area contributed by atoms with Crippen molar-refractivity contribution >= 4 is 26.3 Å².